The van der Waals surface area contributed by atoms with Crippen molar-refractivity contribution < 1.29 is 4.42 Å². The van der Waals surface area contributed by atoms with E-state index in [-0.39, 0.29) is 0 Å². The summed E-state index contributed by atoms with van der Waals surface area (Å²) in [5.41, 5.74) is 10.1. The molecule has 0 fully saturated rings. The fourth-order valence-corrected chi connectivity index (χ4v) is 8.71. The first-order valence-corrected chi connectivity index (χ1v) is 18.9. The van der Waals surface area contributed by atoms with Gasteiger partial charge in [0.05, 0.1) is 11.0 Å². The van der Waals surface area contributed by atoms with Crippen LogP contribution in [-0.2, 0) is 0 Å². The van der Waals surface area contributed by atoms with Crippen LogP contribution >= 0.6 is 0 Å². The zero-order valence-corrected chi connectivity index (χ0v) is 30.0. The minimum Gasteiger partial charge on any atom is -0.456 e. The average Bonchev–Trinajstić information content (AvgIpc) is 3.82. The Morgan fingerprint density at radius 2 is 0.821 bits per heavy atom. The van der Waals surface area contributed by atoms with Crippen LogP contribution in [0.5, 0.6) is 0 Å². The number of benzene rings is 8. The molecule has 0 atom stereocenters. The summed E-state index contributed by atoms with van der Waals surface area (Å²) >= 11 is 0. The van der Waals surface area contributed by atoms with Crippen LogP contribution in [0.2, 0.25) is 0 Å². The Balaban J connectivity index is 1.09. The number of rotatable bonds is 5. The van der Waals surface area contributed by atoms with Gasteiger partial charge in [0.15, 0.2) is 17.5 Å². The molecule has 5 nitrogen and oxygen atoms in total. The van der Waals surface area contributed by atoms with Gasteiger partial charge in [-0.25, -0.2) is 15.0 Å². The molecule has 0 aliphatic rings. The summed E-state index contributed by atoms with van der Waals surface area (Å²) in [4.78, 5) is 15.2. The molecule has 0 radical (unpaired) electrons. The van der Waals surface area contributed by atoms with Crippen molar-refractivity contribution in [3.8, 4) is 51.0 Å². The van der Waals surface area contributed by atoms with Gasteiger partial charge in [-0.3, -0.25) is 0 Å². The van der Waals surface area contributed by atoms with Crippen LogP contribution in [-0.4, -0.2) is 19.5 Å². The van der Waals surface area contributed by atoms with E-state index in [0.717, 1.165) is 60.9 Å². The van der Waals surface area contributed by atoms with E-state index in [4.69, 9.17) is 19.4 Å². The summed E-state index contributed by atoms with van der Waals surface area (Å²) in [6.07, 6.45) is 0. The minimum atomic E-state index is 0.615. The molecule has 0 bridgehead atoms. The highest BCUT2D eigenvalue weighted by atomic mass is 16.3. The molecule has 0 amide bonds. The molecular formula is C51H30N4O. The second-order valence-corrected chi connectivity index (χ2v) is 14.4. The highest BCUT2D eigenvalue weighted by Gasteiger charge is 2.23. The maximum absolute atomic E-state index is 6.57. The predicted octanol–water partition coefficient (Wildman–Crippen LogP) is 13.3. The Labute approximate surface area is 321 Å². The van der Waals surface area contributed by atoms with Crippen molar-refractivity contribution in [1.82, 2.24) is 19.5 Å². The summed E-state index contributed by atoms with van der Waals surface area (Å²) in [6.45, 7) is 0. The van der Waals surface area contributed by atoms with E-state index < -0.39 is 0 Å². The van der Waals surface area contributed by atoms with Crippen LogP contribution in [0.25, 0.3) is 116 Å². The van der Waals surface area contributed by atoms with Gasteiger partial charge in [-0.1, -0.05) is 146 Å². The van der Waals surface area contributed by atoms with Crippen molar-refractivity contribution >= 4 is 65.3 Å². The van der Waals surface area contributed by atoms with Gasteiger partial charge < -0.3 is 8.98 Å². The fraction of sp³-hybridized carbons (Fsp3) is 0. The Bertz CT molecular complexity index is 3460. The van der Waals surface area contributed by atoms with E-state index in [2.05, 4.69) is 150 Å². The van der Waals surface area contributed by atoms with Crippen molar-refractivity contribution in [3.63, 3.8) is 0 Å². The molecule has 9 aromatic carbocycles. The lowest BCUT2D eigenvalue weighted by molar-refractivity contribution is 0.669. The van der Waals surface area contributed by atoms with E-state index in [9.17, 15) is 0 Å². The SMILES string of the molecule is c1ccc(-c2ccc(-c3nc(-c4ccccc4)nc(-c4cccc(-n5c6cccc7c8ccccc8c8cccc9oc%10ccc5c(c%10c98)c76)c4)n3)cc2)cc1. The topological polar surface area (TPSA) is 56.7 Å². The van der Waals surface area contributed by atoms with E-state index in [1.807, 2.05) is 36.4 Å². The van der Waals surface area contributed by atoms with Gasteiger partial charge in [0.25, 0.3) is 0 Å². The molecule has 0 saturated heterocycles. The van der Waals surface area contributed by atoms with Crippen LogP contribution in [0.4, 0.5) is 0 Å². The molecule has 0 aliphatic carbocycles. The normalized spacial score (nSPS) is 11.9. The fourth-order valence-electron chi connectivity index (χ4n) is 8.71. The number of furan rings is 1. The van der Waals surface area contributed by atoms with Gasteiger partial charge in [0.1, 0.15) is 11.2 Å². The lowest BCUT2D eigenvalue weighted by Gasteiger charge is -2.12. The van der Waals surface area contributed by atoms with Gasteiger partial charge in [-0.2, -0.15) is 0 Å². The van der Waals surface area contributed by atoms with E-state index in [0.29, 0.717) is 17.5 Å². The zero-order chi connectivity index (χ0) is 36.7. The predicted molar refractivity (Wildman–Crippen MR) is 229 cm³/mol. The number of aromatic nitrogens is 4. The quantitative estimate of drug-likeness (QED) is 0.178. The maximum Gasteiger partial charge on any atom is 0.164 e. The maximum atomic E-state index is 6.57. The van der Waals surface area contributed by atoms with Gasteiger partial charge in [0, 0.05) is 43.9 Å². The monoisotopic (exact) mass is 714 g/mol. The molecular weight excluding hydrogens is 685 g/mol. The van der Waals surface area contributed by atoms with Gasteiger partial charge in [-0.15, -0.1) is 0 Å². The Morgan fingerprint density at radius 1 is 0.321 bits per heavy atom. The Kier molecular flexibility index (Phi) is 6.56. The van der Waals surface area contributed by atoms with Gasteiger partial charge >= 0.3 is 0 Å². The third-order valence-electron chi connectivity index (χ3n) is 11.2. The Morgan fingerprint density at radius 3 is 1.55 bits per heavy atom. The molecule has 0 N–H and O–H groups in total. The second-order valence-electron chi connectivity index (χ2n) is 14.4. The lowest BCUT2D eigenvalue weighted by atomic mass is 9.95. The molecule has 56 heavy (non-hydrogen) atoms. The molecule has 0 unspecified atom stereocenters. The smallest absolute Gasteiger partial charge is 0.164 e. The van der Waals surface area contributed by atoms with Crippen LogP contribution < -0.4 is 0 Å². The number of hydrogen-bond donors (Lipinski definition) is 0. The summed E-state index contributed by atoms with van der Waals surface area (Å²) < 4.78 is 8.96. The summed E-state index contributed by atoms with van der Waals surface area (Å²) in [6, 6.07) is 63.7. The lowest BCUT2D eigenvalue weighted by Crippen LogP contribution is -2.01. The molecule has 0 aliphatic heterocycles. The third-order valence-corrected chi connectivity index (χ3v) is 11.2. The first kappa shape index (κ1) is 30.8. The average molecular weight is 715 g/mol. The number of nitrogens with zero attached hydrogens (tertiary/aromatic N) is 4. The van der Waals surface area contributed by atoms with Crippen LogP contribution in [0.1, 0.15) is 0 Å². The molecule has 260 valence electrons. The molecule has 5 heteroatoms. The second kappa shape index (κ2) is 11.9. The van der Waals surface area contributed by atoms with E-state index >= 15 is 0 Å². The molecule has 3 heterocycles. The van der Waals surface area contributed by atoms with Crippen molar-refractivity contribution in [2.24, 2.45) is 0 Å². The summed E-state index contributed by atoms with van der Waals surface area (Å²) in [7, 11) is 0. The van der Waals surface area contributed by atoms with Crippen LogP contribution in [0, 0.1) is 0 Å². The van der Waals surface area contributed by atoms with Crippen molar-refractivity contribution in [3.05, 3.63) is 182 Å². The Hall–Kier alpha value is -7.63. The standard InChI is InChI=1S/C51H30N4O/c1-3-12-31(13-4-1)32-24-26-34(27-25-32)50-52-49(33-14-5-2-6-15-33)53-51(54-50)35-16-9-17-36(30-35)55-41-22-10-20-39-37-18-7-8-19-38(37)40-21-11-23-43-46(40)48-44(56-43)29-28-42(55)47(48)45(39)41/h1-30H. The largest absolute Gasteiger partial charge is 0.456 e. The molecule has 3 aromatic heterocycles. The summed E-state index contributed by atoms with van der Waals surface area (Å²) in [5, 5.41) is 9.56. The third kappa shape index (κ3) is 4.58. The van der Waals surface area contributed by atoms with Gasteiger partial charge in [0.2, 0.25) is 0 Å². The minimum absolute atomic E-state index is 0.615. The van der Waals surface area contributed by atoms with Crippen LogP contribution in [0.3, 0.4) is 0 Å². The number of hydrogen-bond acceptors (Lipinski definition) is 4. The van der Waals surface area contributed by atoms with Crippen molar-refractivity contribution in [2.45, 2.75) is 0 Å². The first-order chi connectivity index (χ1) is 27.8. The molecule has 12 rings (SSSR count). The number of fused-ring (bicyclic) bond motifs is 3. The highest BCUT2D eigenvalue weighted by molar-refractivity contribution is 6.38. The van der Waals surface area contributed by atoms with Crippen molar-refractivity contribution in [1.29, 1.82) is 0 Å². The zero-order valence-electron chi connectivity index (χ0n) is 30.0. The van der Waals surface area contributed by atoms with Crippen molar-refractivity contribution in [2.75, 3.05) is 0 Å². The highest BCUT2D eigenvalue weighted by Crippen LogP contribution is 2.47. The van der Waals surface area contributed by atoms with Crippen LogP contribution in [0.15, 0.2) is 186 Å². The summed E-state index contributed by atoms with van der Waals surface area (Å²) in [5.74, 6) is 1.87. The van der Waals surface area contributed by atoms with E-state index in [1.54, 1.807) is 0 Å². The first-order valence-electron chi connectivity index (χ1n) is 18.9. The molecule has 0 spiro atoms. The van der Waals surface area contributed by atoms with E-state index in [1.165, 1.54) is 37.9 Å². The molecule has 12 aromatic rings. The van der Waals surface area contributed by atoms with Gasteiger partial charge in [-0.05, 0) is 69.1 Å². The molecule has 0 saturated carbocycles.